The summed E-state index contributed by atoms with van der Waals surface area (Å²) in [7, 11) is 0. The number of nitrogens with zero attached hydrogens (tertiary/aromatic N) is 1. The Morgan fingerprint density at radius 3 is 2.26 bits per heavy atom. The Hall–Kier alpha value is -1.88. The van der Waals surface area contributed by atoms with Crippen molar-refractivity contribution in [3.8, 4) is 0 Å². The van der Waals surface area contributed by atoms with Gasteiger partial charge in [-0.15, -0.1) is 0 Å². The zero-order valence-electron chi connectivity index (χ0n) is 11.3. The van der Waals surface area contributed by atoms with Crippen LogP contribution in [0.3, 0.4) is 0 Å². The number of nitrogens with one attached hydrogen (secondary N) is 1. The molecule has 0 aliphatic heterocycles. The van der Waals surface area contributed by atoms with Crippen molar-refractivity contribution in [2.75, 3.05) is 19.6 Å². The van der Waals surface area contributed by atoms with E-state index in [2.05, 4.69) is 5.32 Å². The maximum absolute atomic E-state index is 11.8. The highest BCUT2D eigenvalue weighted by Gasteiger charge is 2.22. The minimum absolute atomic E-state index is 0.212. The highest BCUT2D eigenvalue weighted by atomic mass is 16.4. The molecule has 1 amide bonds. The van der Waals surface area contributed by atoms with Gasteiger partial charge in [-0.1, -0.05) is 44.2 Å². The quantitative estimate of drug-likeness (QED) is 0.778. The van der Waals surface area contributed by atoms with Gasteiger partial charge in [-0.05, 0) is 18.7 Å². The first-order valence-corrected chi connectivity index (χ1v) is 6.38. The van der Waals surface area contributed by atoms with Crippen LogP contribution >= 0.6 is 0 Å². The Labute approximate surface area is 113 Å². The van der Waals surface area contributed by atoms with Crippen LogP contribution in [0.1, 0.15) is 25.5 Å². The molecule has 1 atom stereocenters. The van der Waals surface area contributed by atoms with Gasteiger partial charge in [0.25, 0.3) is 0 Å². The van der Waals surface area contributed by atoms with E-state index >= 15 is 0 Å². The van der Waals surface area contributed by atoms with Crippen molar-refractivity contribution < 1.29 is 14.7 Å². The summed E-state index contributed by atoms with van der Waals surface area (Å²) in [4.78, 5) is 25.0. The number of likely N-dealkylation sites (N-methyl/N-ethyl adjacent to an activating group) is 1. The topological polar surface area (TPSA) is 69.6 Å². The van der Waals surface area contributed by atoms with Gasteiger partial charge in [0.05, 0.1) is 6.54 Å². The van der Waals surface area contributed by atoms with Crippen molar-refractivity contribution in [2.24, 2.45) is 0 Å². The molecule has 1 rings (SSSR count). The van der Waals surface area contributed by atoms with E-state index in [1.54, 1.807) is 30.3 Å². The average Bonchev–Trinajstić information content (AvgIpc) is 2.42. The molecule has 0 aromatic heterocycles. The minimum atomic E-state index is -1.06. The van der Waals surface area contributed by atoms with Gasteiger partial charge < -0.3 is 10.4 Å². The zero-order valence-corrected chi connectivity index (χ0v) is 11.3. The monoisotopic (exact) mass is 264 g/mol. The number of hydrogen-bond donors (Lipinski definition) is 2. The number of carboxylic acids is 1. The number of carboxylic acid groups (broad SMARTS) is 1. The van der Waals surface area contributed by atoms with E-state index in [9.17, 15) is 14.7 Å². The zero-order chi connectivity index (χ0) is 14.3. The molecule has 19 heavy (non-hydrogen) atoms. The van der Waals surface area contributed by atoms with Crippen molar-refractivity contribution in [1.82, 2.24) is 10.2 Å². The van der Waals surface area contributed by atoms with E-state index in [0.29, 0.717) is 5.56 Å². The molecule has 2 N–H and O–H groups in total. The van der Waals surface area contributed by atoms with Crippen molar-refractivity contribution in [3.63, 3.8) is 0 Å². The molecule has 1 aromatic rings. The second-order valence-electron chi connectivity index (χ2n) is 4.21. The molecule has 0 radical (unpaired) electrons. The first-order chi connectivity index (χ1) is 9.08. The standard InChI is InChI=1S/C14H20N2O3/c1-3-16(4-2)10-12(17)15-13(14(18)19)11-8-6-5-7-9-11/h5-9,13H,3-4,10H2,1-2H3,(H,15,17)(H,18,19)/t13-/m0/s1. The van der Waals surface area contributed by atoms with Gasteiger partial charge >= 0.3 is 5.97 Å². The Morgan fingerprint density at radius 2 is 1.79 bits per heavy atom. The van der Waals surface area contributed by atoms with Crippen LogP contribution in [0.4, 0.5) is 0 Å². The van der Waals surface area contributed by atoms with Crippen LogP contribution in [0.25, 0.3) is 0 Å². The lowest BCUT2D eigenvalue weighted by Crippen LogP contribution is -2.41. The molecule has 0 aliphatic carbocycles. The second kappa shape index (κ2) is 7.53. The molecule has 0 heterocycles. The summed E-state index contributed by atoms with van der Waals surface area (Å²) in [6, 6.07) is 7.70. The van der Waals surface area contributed by atoms with Crippen molar-refractivity contribution in [3.05, 3.63) is 35.9 Å². The predicted octanol–water partition coefficient (Wildman–Crippen LogP) is 1.27. The summed E-state index contributed by atoms with van der Waals surface area (Å²) in [5.41, 5.74) is 0.572. The van der Waals surface area contributed by atoms with Gasteiger partial charge in [0.2, 0.25) is 5.91 Å². The lowest BCUT2D eigenvalue weighted by molar-refractivity contribution is -0.142. The summed E-state index contributed by atoms with van der Waals surface area (Å²) in [6.45, 7) is 5.65. The van der Waals surface area contributed by atoms with Gasteiger partial charge in [0, 0.05) is 0 Å². The summed E-state index contributed by atoms with van der Waals surface area (Å²) in [6.07, 6.45) is 0. The van der Waals surface area contributed by atoms with Crippen molar-refractivity contribution in [1.29, 1.82) is 0 Å². The number of hydrogen-bond acceptors (Lipinski definition) is 3. The Balaban J connectivity index is 2.70. The van der Waals surface area contributed by atoms with E-state index in [-0.39, 0.29) is 12.5 Å². The number of carbonyl (C=O) groups excluding carboxylic acids is 1. The van der Waals surface area contributed by atoms with Gasteiger partial charge in [0.15, 0.2) is 6.04 Å². The molecule has 0 saturated carbocycles. The molecule has 0 bridgehead atoms. The van der Waals surface area contributed by atoms with Crippen LogP contribution in [0, 0.1) is 0 Å². The Kier molecular flexibility index (Phi) is 6.02. The molecule has 104 valence electrons. The summed E-state index contributed by atoms with van der Waals surface area (Å²) in [5.74, 6) is -1.33. The molecule has 0 spiro atoms. The molecular weight excluding hydrogens is 244 g/mol. The smallest absolute Gasteiger partial charge is 0.330 e. The number of rotatable bonds is 7. The normalized spacial score (nSPS) is 12.2. The SMILES string of the molecule is CCN(CC)CC(=O)N[C@H](C(=O)O)c1ccccc1. The Morgan fingerprint density at radius 1 is 1.21 bits per heavy atom. The largest absolute Gasteiger partial charge is 0.479 e. The number of aliphatic carboxylic acids is 1. The van der Waals surface area contributed by atoms with Crippen LogP contribution in [0.2, 0.25) is 0 Å². The van der Waals surface area contributed by atoms with Gasteiger partial charge in [-0.2, -0.15) is 0 Å². The third-order valence-electron chi connectivity index (χ3n) is 2.95. The number of carbonyl (C=O) groups is 2. The summed E-state index contributed by atoms with van der Waals surface area (Å²) >= 11 is 0. The maximum Gasteiger partial charge on any atom is 0.330 e. The van der Waals surface area contributed by atoms with Gasteiger partial charge in [-0.25, -0.2) is 4.79 Å². The van der Waals surface area contributed by atoms with Gasteiger partial charge in [0.1, 0.15) is 0 Å². The lowest BCUT2D eigenvalue weighted by Gasteiger charge is -2.20. The van der Waals surface area contributed by atoms with Gasteiger partial charge in [-0.3, -0.25) is 9.69 Å². The van der Waals surface area contributed by atoms with Crippen molar-refractivity contribution >= 4 is 11.9 Å². The lowest BCUT2D eigenvalue weighted by atomic mass is 10.1. The second-order valence-corrected chi connectivity index (χ2v) is 4.21. The van der Waals surface area contributed by atoms with Crippen LogP contribution < -0.4 is 5.32 Å². The fourth-order valence-corrected chi connectivity index (χ4v) is 1.79. The number of amides is 1. The first kappa shape index (κ1) is 15.2. The molecule has 0 aliphatic rings. The van der Waals surface area contributed by atoms with E-state index < -0.39 is 12.0 Å². The first-order valence-electron chi connectivity index (χ1n) is 6.38. The van der Waals surface area contributed by atoms with Crippen LogP contribution in [-0.2, 0) is 9.59 Å². The number of benzene rings is 1. The molecule has 5 heteroatoms. The minimum Gasteiger partial charge on any atom is -0.479 e. The van der Waals surface area contributed by atoms with Crippen LogP contribution in [0.15, 0.2) is 30.3 Å². The molecule has 1 aromatic carbocycles. The molecule has 0 unspecified atom stereocenters. The summed E-state index contributed by atoms with van der Waals surface area (Å²) in [5, 5.41) is 11.7. The highest BCUT2D eigenvalue weighted by Crippen LogP contribution is 2.12. The predicted molar refractivity (Wildman–Crippen MR) is 72.7 cm³/mol. The highest BCUT2D eigenvalue weighted by molar-refractivity contribution is 5.85. The van der Waals surface area contributed by atoms with Crippen molar-refractivity contribution in [2.45, 2.75) is 19.9 Å². The molecule has 0 fully saturated rings. The fourth-order valence-electron chi connectivity index (χ4n) is 1.79. The maximum atomic E-state index is 11.8. The fraction of sp³-hybridized carbons (Fsp3) is 0.429. The third kappa shape index (κ3) is 4.71. The average molecular weight is 264 g/mol. The van der Waals surface area contributed by atoms with E-state index in [0.717, 1.165) is 13.1 Å². The summed E-state index contributed by atoms with van der Waals surface area (Å²) < 4.78 is 0. The molecule has 5 nitrogen and oxygen atoms in total. The Bertz CT molecular complexity index is 416. The van der Waals surface area contributed by atoms with Crippen LogP contribution in [-0.4, -0.2) is 41.5 Å². The molecular formula is C14H20N2O3. The van der Waals surface area contributed by atoms with E-state index in [1.807, 2.05) is 18.7 Å². The third-order valence-corrected chi connectivity index (χ3v) is 2.95. The van der Waals surface area contributed by atoms with E-state index in [1.165, 1.54) is 0 Å². The van der Waals surface area contributed by atoms with Crippen LogP contribution in [0.5, 0.6) is 0 Å². The molecule has 0 saturated heterocycles. The van der Waals surface area contributed by atoms with E-state index in [4.69, 9.17) is 0 Å².